The second kappa shape index (κ2) is 5.43. The van der Waals surface area contributed by atoms with Gasteiger partial charge in [-0.15, -0.1) is 0 Å². The van der Waals surface area contributed by atoms with E-state index in [0.717, 1.165) is 11.5 Å². The van der Waals surface area contributed by atoms with Gasteiger partial charge in [0.05, 0.1) is 17.9 Å². The van der Waals surface area contributed by atoms with Gasteiger partial charge in [0.15, 0.2) is 0 Å². The lowest BCUT2D eigenvalue weighted by Gasteiger charge is -2.10. The number of anilines is 2. The molecule has 0 aliphatic heterocycles. The van der Waals surface area contributed by atoms with Gasteiger partial charge in [-0.1, -0.05) is 0 Å². The quantitative estimate of drug-likeness (QED) is 0.714. The fraction of sp³-hybridized carbons (Fsp3) is 0.231. The Morgan fingerprint density at radius 3 is 2.84 bits per heavy atom. The number of nitrogens with two attached hydrogens (primary N) is 1. The van der Waals surface area contributed by atoms with Crippen LogP contribution in [0.25, 0.3) is 0 Å². The third-order valence-electron chi connectivity index (χ3n) is 2.90. The molecule has 6 nitrogen and oxygen atoms in total. The highest BCUT2D eigenvalue weighted by Crippen LogP contribution is 2.20. The Hall–Kier alpha value is -2.50. The summed E-state index contributed by atoms with van der Waals surface area (Å²) in [6.07, 6.45) is 3.63. The Labute approximate surface area is 111 Å². The summed E-state index contributed by atoms with van der Waals surface area (Å²) >= 11 is 0. The Bertz CT molecular complexity index is 590. The van der Waals surface area contributed by atoms with Gasteiger partial charge in [-0.25, -0.2) is 4.98 Å². The predicted molar refractivity (Wildman–Crippen MR) is 74.8 cm³/mol. The molecule has 4 N–H and O–H groups in total. The Balaban J connectivity index is 2.09. The van der Waals surface area contributed by atoms with Crippen molar-refractivity contribution in [1.82, 2.24) is 14.9 Å². The van der Waals surface area contributed by atoms with Gasteiger partial charge < -0.3 is 20.9 Å². The zero-order valence-electron chi connectivity index (χ0n) is 11.0. The van der Waals surface area contributed by atoms with Crippen LogP contribution >= 0.6 is 0 Å². The number of nitrogen functional groups attached to an aromatic ring is 1. The molecule has 0 spiro atoms. The van der Waals surface area contributed by atoms with E-state index in [0.29, 0.717) is 17.8 Å². The first-order valence-corrected chi connectivity index (χ1v) is 5.93. The number of carbonyl (C=O) groups is 1. The molecular weight excluding hydrogens is 242 g/mol. The van der Waals surface area contributed by atoms with E-state index in [4.69, 9.17) is 5.73 Å². The predicted octanol–water partition coefficient (Wildman–Crippen LogP) is 0.974. The van der Waals surface area contributed by atoms with Crippen molar-refractivity contribution in [2.75, 3.05) is 18.1 Å². The standard InChI is InChI=1S/C13H17N5O/c1-15-13(19)9-3-4-11(10(14)7-9)17-8-12-16-5-6-18(12)2/h3-7,17H,8,14H2,1-2H3,(H,15,19). The lowest BCUT2D eigenvalue weighted by Crippen LogP contribution is -2.18. The fourth-order valence-electron chi connectivity index (χ4n) is 1.75. The zero-order chi connectivity index (χ0) is 13.8. The van der Waals surface area contributed by atoms with Gasteiger partial charge in [0.1, 0.15) is 5.82 Å². The van der Waals surface area contributed by atoms with Gasteiger partial charge in [-0.3, -0.25) is 4.79 Å². The summed E-state index contributed by atoms with van der Waals surface area (Å²) < 4.78 is 1.93. The molecular formula is C13H17N5O. The molecule has 0 aliphatic rings. The van der Waals surface area contributed by atoms with Gasteiger partial charge in [0.25, 0.3) is 5.91 Å². The minimum atomic E-state index is -0.151. The average molecular weight is 259 g/mol. The molecule has 100 valence electrons. The summed E-state index contributed by atoms with van der Waals surface area (Å²) in [6, 6.07) is 5.18. The fourth-order valence-corrected chi connectivity index (χ4v) is 1.75. The van der Waals surface area contributed by atoms with Crippen LogP contribution in [-0.2, 0) is 13.6 Å². The third kappa shape index (κ3) is 2.85. The van der Waals surface area contributed by atoms with Crippen molar-refractivity contribution in [2.24, 2.45) is 7.05 Å². The number of aromatic nitrogens is 2. The van der Waals surface area contributed by atoms with Crippen molar-refractivity contribution in [3.63, 3.8) is 0 Å². The van der Waals surface area contributed by atoms with E-state index in [2.05, 4.69) is 15.6 Å². The molecule has 0 saturated carbocycles. The van der Waals surface area contributed by atoms with Crippen LogP contribution in [0, 0.1) is 0 Å². The van der Waals surface area contributed by atoms with Crippen LogP contribution in [0.2, 0.25) is 0 Å². The Kier molecular flexibility index (Phi) is 3.70. The summed E-state index contributed by atoms with van der Waals surface area (Å²) in [6.45, 7) is 0.576. The van der Waals surface area contributed by atoms with E-state index in [1.165, 1.54) is 0 Å². The lowest BCUT2D eigenvalue weighted by atomic mass is 10.1. The molecule has 2 rings (SSSR count). The number of hydrogen-bond donors (Lipinski definition) is 3. The number of nitrogens with one attached hydrogen (secondary N) is 2. The third-order valence-corrected chi connectivity index (χ3v) is 2.90. The van der Waals surface area contributed by atoms with Crippen molar-refractivity contribution in [1.29, 1.82) is 0 Å². The Morgan fingerprint density at radius 2 is 2.26 bits per heavy atom. The monoisotopic (exact) mass is 259 g/mol. The van der Waals surface area contributed by atoms with E-state index < -0.39 is 0 Å². The normalized spacial score (nSPS) is 10.2. The highest BCUT2D eigenvalue weighted by Gasteiger charge is 2.07. The maximum absolute atomic E-state index is 11.5. The van der Waals surface area contributed by atoms with Crippen molar-refractivity contribution in [2.45, 2.75) is 6.54 Å². The average Bonchev–Trinajstić information content (AvgIpc) is 2.82. The number of benzene rings is 1. The molecule has 1 heterocycles. The molecule has 0 atom stereocenters. The molecule has 0 aliphatic carbocycles. The van der Waals surface area contributed by atoms with E-state index in [-0.39, 0.29) is 5.91 Å². The van der Waals surface area contributed by atoms with E-state index in [1.54, 1.807) is 31.4 Å². The summed E-state index contributed by atoms with van der Waals surface area (Å²) in [5, 5.41) is 5.76. The largest absolute Gasteiger partial charge is 0.397 e. The first-order valence-electron chi connectivity index (χ1n) is 5.93. The molecule has 1 aromatic heterocycles. The summed E-state index contributed by atoms with van der Waals surface area (Å²) in [5.74, 6) is 0.761. The second-order valence-corrected chi connectivity index (χ2v) is 4.19. The number of carbonyl (C=O) groups excluding carboxylic acids is 1. The van der Waals surface area contributed by atoms with Gasteiger partial charge in [-0.05, 0) is 18.2 Å². The SMILES string of the molecule is CNC(=O)c1ccc(NCc2nccn2C)c(N)c1. The van der Waals surface area contributed by atoms with Crippen LogP contribution in [0.3, 0.4) is 0 Å². The molecule has 1 amide bonds. The summed E-state index contributed by atoms with van der Waals surface area (Å²) in [7, 11) is 3.52. The van der Waals surface area contributed by atoms with Crippen LogP contribution < -0.4 is 16.4 Å². The minimum absolute atomic E-state index is 0.151. The Morgan fingerprint density at radius 1 is 1.47 bits per heavy atom. The lowest BCUT2D eigenvalue weighted by molar-refractivity contribution is 0.0963. The van der Waals surface area contributed by atoms with E-state index in [1.807, 2.05) is 17.8 Å². The first kappa shape index (κ1) is 12.9. The maximum atomic E-state index is 11.5. The van der Waals surface area contributed by atoms with E-state index >= 15 is 0 Å². The van der Waals surface area contributed by atoms with Crippen molar-refractivity contribution >= 4 is 17.3 Å². The molecule has 2 aromatic rings. The van der Waals surface area contributed by atoms with Crippen LogP contribution in [-0.4, -0.2) is 22.5 Å². The first-order chi connectivity index (χ1) is 9.11. The van der Waals surface area contributed by atoms with Crippen LogP contribution in [0.5, 0.6) is 0 Å². The minimum Gasteiger partial charge on any atom is -0.397 e. The number of imidazole rings is 1. The number of aryl methyl sites for hydroxylation is 1. The number of amides is 1. The highest BCUT2D eigenvalue weighted by molar-refractivity contribution is 5.95. The zero-order valence-corrected chi connectivity index (χ0v) is 11.0. The van der Waals surface area contributed by atoms with Crippen molar-refractivity contribution in [3.8, 4) is 0 Å². The second-order valence-electron chi connectivity index (χ2n) is 4.19. The molecule has 0 bridgehead atoms. The van der Waals surface area contributed by atoms with Gasteiger partial charge in [0, 0.05) is 32.1 Å². The molecule has 19 heavy (non-hydrogen) atoms. The maximum Gasteiger partial charge on any atom is 0.251 e. The molecule has 0 saturated heterocycles. The molecule has 0 unspecified atom stereocenters. The summed E-state index contributed by atoms with van der Waals surface area (Å²) in [4.78, 5) is 15.7. The van der Waals surface area contributed by atoms with Gasteiger partial charge >= 0.3 is 0 Å². The molecule has 1 aromatic carbocycles. The van der Waals surface area contributed by atoms with Gasteiger partial charge in [-0.2, -0.15) is 0 Å². The van der Waals surface area contributed by atoms with Crippen molar-refractivity contribution in [3.05, 3.63) is 42.0 Å². The van der Waals surface area contributed by atoms with Crippen LogP contribution in [0.15, 0.2) is 30.6 Å². The topological polar surface area (TPSA) is 85.0 Å². The molecule has 6 heteroatoms. The molecule has 0 radical (unpaired) electrons. The summed E-state index contributed by atoms with van der Waals surface area (Å²) in [5.41, 5.74) is 7.79. The van der Waals surface area contributed by atoms with E-state index in [9.17, 15) is 4.79 Å². The molecule has 0 fully saturated rings. The van der Waals surface area contributed by atoms with Gasteiger partial charge in [0.2, 0.25) is 0 Å². The van der Waals surface area contributed by atoms with Crippen LogP contribution in [0.4, 0.5) is 11.4 Å². The number of hydrogen-bond acceptors (Lipinski definition) is 4. The smallest absolute Gasteiger partial charge is 0.251 e. The van der Waals surface area contributed by atoms with Crippen molar-refractivity contribution < 1.29 is 4.79 Å². The number of rotatable bonds is 4. The highest BCUT2D eigenvalue weighted by atomic mass is 16.1. The number of nitrogens with zero attached hydrogens (tertiary/aromatic N) is 2. The van der Waals surface area contributed by atoms with Crippen LogP contribution in [0.1, 0.15) is 16.2 Å².